The summed E-state index contributed by atoms with van der Waals surface area (Å²) in [7, 11) is 5.06. The third kappa shape index (κ3) is 10.4. The summed E-state index contributed by atoms with van der Waals surface area (Å²) in [6.07, 6.45) is 17.1. The summed E-state index contributed by atoms with van der Waals surface area (Å²) in [5.74, 6) is 0.00512. The number of alkyl halides is 2. The number of hydrogen-bond acceptors (Lipinski definition) is 9. The number of rotatable bonds is 19. The van der Waals surface area contributed by atoms with E-state index in [9.17, 15) is 13.6 Å². The number of allylic oxidation sites excluding steroid dienone is 3. The number of likely N-dealkylation sites (N-methyl/N-ethyl adjacent to an activating group) is 1. The largest absolute Gasteiger partial charge is 0.486 e. The van der Waals surface area contributed by atoms with E-state index < -0.39 is 18.8 Å². The van der Waals surface area contributed by atoms with Gasteiger partial charge in [-0.3, -0.25) is 20.0 Å². The van der Waals surface area contributed by atoms with Crippen molar-refractivity contribution in [2.45, 2.75) is 89.8 Å². The first kappa shape index (κ1) is 38.6. The number of hydrogen-bond donors (Lipinski definition) is 2. The molecule has 2 aliphatic rings. The number of esters is 1. The van der Waals surface area contributed by atoms with Gasteiger partial charge in [-0.25, -0.2) is 4.68 Å². The Kier molecular flexibility index (Phi) is 14.9. The van der Waals surface area contributed by atoms with Crippen LogP contribution in [0.25, 0.3) is 0 Å². The molecule has 4 rings (SSSR count). The molecule has 0 saturated carbocycles. The maximum Gasteiger partial charge on any atom is 0.387 e. The van der Waals surface area contributed by atoms with Gasteiger partial charge in [-0.1, -0.05) is 49.9 Å². The van der Waals surface area contributed by atoms with Crippen LogP contribution in [0.1, 0.15) is 63.0 Å². The van der Waals surface area contributed by atoms with Crippen molar-refractivity contribution in [3.05, 3.63) is 84.0 Å². The number of carbonyl (C=O) groups excluding carboxylic acids is 1. The van der Waals surface area contributed by atoms with Gasteiger partial charge in [0.2, 0.25) is 0 Å². The second-order valence-electron chi connectivity index (χ2n) is 12.8. The maximum absolute atomic E-state index is 13.8. The molecule has 2 saturated heterocycles. The van der Waals surface area contributed by atoms with Gasteiger partial charge in [0.15, 0.2) is 0 Å². The van der Waals surface area contributed by atoms with Crippen molar-refractivity contribution in [2.75, 3.05) is 51.2 Å². The molecule has 0 bridgehead atoms. The quantitative estimate of drug-likeness (QED) is 0.102. The van der Waals surface area contributed by atoms with E-state index >= 15 is 0 Å². The Balaban J connectivity index is 1.72. The molecule has 1 aromatic carbocycles. The molecule has 0 spiro atoms. The molecule has 3 heterocycles. The van der Waals surface area contributed by atoms with Crippen molar-refractivity contribution >= 4 is 11.7 Å². The minimum Gasteiger partial charge on any atom is -0.486 e. The van der Waals surface area contributed by atoms with Gasteiger partial charge in [-0.05, 0) is 75.9 Å². The van der Waals surface area contributed by atoms with E-state index in [-0.39, 0.29) is 24.3 Å². The number of likely N-dealkylation sites (tertiary alicyclic amines) is 2. The molecule has 2 aromatic rings. The summed E-state index contributed by atoms with van der Waals surface area (Å²) in [4.78, 5) is 16.8. The Labute approximate surface area is 295 Å². The summed E-state index contributed by atoms with van der Waals surface area (Å²) < 4.78 is 46.4. The number of pyridine rings is 1. The molecule has 1 unspecified atom stereocenters. The Hall–Kier alpha value is -4.16. The summed E-state index contributed by atoms with van der Waals surface area (Å²) >= 11 is 0. The predicted octanol–water partition coefficient (Wildman–Crippen LogP) is 6.22. The number of halogens is 2. The first-order valence-corrected chi connectivity index (χ1v) is 17.6. The summed E-state index contributed by atoms with van der Waals surface area (Å²) in [6, 6.07) is 6.38. The van der Waals surface area contributed by atoms with E-state index in [0.29, 0.717) is 48.3 Å². The van der Waals surface area contributed by atoms with Gasteiger partial charge in [-0.15, -0.1) is 0 Å². The summed E-state index contributed by atoms with van der Waals surface area (Å²) in [5, 5.41) is 14.0. The molecule has 0 amide bonds. The fourth-order valence-corrected chi connectivity index (χ4v) is 6.81. The van der Waals surface area contributed by atoms with Crippen LogP contribution in [0.15, 0.2) is 67.4 Å². The highest BCUT2D eigenvalue weighted by molar-refractivity contribution is 5.76. The number of carbonyl (C=O) groups is 1. The van der Waals surface area contributed by atoms with E-state index in [0.717, 1.165) is 38.0 Å². The number of aromatic nitrogens is 1. The minimum atomic E-state index is -3.05. The van der Waals surface area contributed by atoms with Crippen LogP contribution >= 0.6 is 0 Å². The van der Waals surface area contributed by atoms with E-state index in [1.807, 2.05) is 52.1 Å². The van der Waals surface area contributed by atoms with Crippen molar-refractivity contribution in [3.8, 4) is 11.5 Å². The van der Waals surface area contributed by atoms with Gasteiger partial charge in [0.25, 0.3) is 0 Å². The van der Waals surface area contributed by atoms with Crippen molar-refractivity contribution in [1.29, 1.82) is 5.41 Å². The fourth-order valence-electron chi connectivity index (χ4n) is 6.81. The maximum atomic E-state index is 13.8. The van der Waals surface area contributed by atoms with Crippen molar-refractivity contribution < 1.29 is 27.8 Å². The second-order valence-corrected chi connectivity index (χ2v) is 12.8. The van der Waals surface area contributed by atoms with Crippen LogP contribution in [0, 0.1) is 5.41 Å². The number of nitrogens with zero attached hydrogens (tertiary/aromatic N) is 4. The van der Waals surface area contributed by atoms with E-state index in [1.165, 1.54) is 26.0 Å². The Morgan fingerprint density at radius 1 is 1.08 bits per heavy atom. The highest BCUT2D eigenvalue weighted by Crippen LogP contribution is 2.37. The standard InChI is InChI=1S/C38H54F2N6O4/c1-6-8-10-15-31(43(4)46-26-28(18-19-36(46)41)25-44-20-12-13-21-44)33(17-11-9-7-2)49-35-24-34(50-38(39)40)29(23-30(35)42-3)27-45-22-14-16-32(45)37(47)48-5/h6,8-11,18-19,23-24,26,31-33,38,41-42H,1,7,12-17,20-22,25,27H2,2-5H3/b10-8-,11-9-,41-36?/t31-,32+,33?/m1/s1. The van der Waals surface area contributed by atoms with Crippen LogP contribution in [-0.4, -0.2) is 86.1 Å². The number of nitrogens with one attached hydrogen (secondary N) is 2. The van der Waals surface area contributed by atoms with E-state index in [2.05, 4.69) is 35.9 Å². The molecule has 2 N–H and O–H groups in total. The van der Waals surface area contributed by atoms with Crippen molar-refractivity contribution in [2.24, 2.45) is 0 Å². The lowest BCUT2D eigenvalue weighted by atomic mass is 10.0. The molecule has 2 fully saturated rings. The Bertz CT molecular complexity index is 1520. The number of ether oxygens (including phenoxy) is 3. The molecule has 1 aromatic heterocycles. The lowest BCUT2D eigenvalue weighted by Gasteiger charge is -2.37. The minimum absolute atomic E-state index is 0.0127. The molecule has 3 atom stereocenters. The molecular formula is C38H54F2N6O4. The van der Waals surface area contributed by atoms with Crippen LogP contribution in [0.3, 0.4) is 0 Å². The second kappa shape index (κ2) is 19.3. The highest BCUT2D eigenvalue weighted by atomic mass is 19.3. The molecule has 0 aliphatic carbocycles. The predicted molar refractivity (Wildman–Crippen MR) is 193 cm³/mol. The van der Waals surface area contributed by atoms with Crippen molar-refractivity contribution in [1.82, 2.24) is 14.5 Å². The zero-order valence-corrected chi connectivity index (χ0v) is 30.0. The third-order valence-corrected chi connectivity index (χ3v) is 9.40. The molecule has 12 heteroatoms. The van der Waals surface area contributed by atoms with Crippen LogP contribution < -0.4 is 25.3 Å². The van der Waals surface area contributed by atoms with Gasteiger partial charge < -0.3 is 24.5 Å². The zero-order chi connectivity index (χ0) is 36.0. The monoisotopic (exact) mass is 696 g/mol. The topological polar surface area (TPSA) is 95.3 Å². The normalized spacial score (nSPS) is 18.2. The zero-order valence-electron chi connectivity index (χ0n) is 30.0. The number of methoxy groups -OCH3 is 1. The van der Waals surface area contributed by atoms with Crippen LogP contribution in [-0.2, 0) is 22.6 Å². The van der Waals surface area contributed by atoms with Gasteiger partial charge in [0.1, 0.15) is 29.1 Å². The SMILES string of the molecule is C=C/C=C\C[C@H](C(C/C=C\CC)Oc1cc(OC(F)F)c(CN2CCC[C@H]2C(=O)OC)cc1NC)N(C)n1cc(CN2CCCC2)ccc1=N. The molecule has 274 valence electrons. The average Bonchev–Trinajstić information content (AvgIpc) is 3.80. The van der Waals surface area contributed by atoms with E-state index in [4.69, 9.17) is 19.6 Å². The smallest absolute Gasteiger partial charge is 0.387 e. The van der Waals surface area contributed by atoms with Gasteiger partial charge in [0.05, 0.1) is 18.8 Å². The van der Waals surface area contributed by atoms with Crippen molar-refractivity contribution in [3.63, 3.8) is 0 Å². The Morgan fingerprint density at radius 3 is 2.54 bits per heavy atom. The fraction of sp³-hybridized carbons (Fsp3) is 0.526. The summed E-state index contributed by atoms with van der Waals surface area (Å²) in [6.45, 7) is 6.66. The van der Waals surface area contributed by atoms with Gasteiger partial charge in [-0.2, -0.15) is 8.78 Å². The van der Waals surface area contributed by atoms with Gasteiger partial charge >= 0.3 is 12.6 Å². The number of benzene rings is 1. The van der Waals surface area contributed by atoms with Gasteiger partial charge in [0, 0.05) is 51.4 Å². The Morgan fingerprint density at radius 2 is 1.86 bits per heavy atom. The van der Waals surface area contributed by atoms with Crippen LogP contribution in [0.2, 0.25) is 0 Å². The lowest BCUT2D eigenvalue weighted by molar-refractivity contribution is -0.146. The first-order valence-electron chi connectivity index (χ1n) is 17.6. The van der Waals surface area contributed by atoms with Crippen LogP contribution in [0.5, 0.6) is 11.5 Å². The summed E-state index contributed by atoms with van der Waals surface area (Å²) in [5.41, 5.74) is 2.56. The third-order valence-electron chi connectivity index (χ3n) is 9.40. The number of anilines is 1. The van der Waals surface area contributed by atoms with E-state index in [1.54, 1.807) is 19.2 Å². The molecule has 2 aliphatic heterocycles. The molecule has 50 heavy (non-hydrogen) atoms. The lowest BCUT2D eigenvalue weighted by Crippen LogP contribution is -2.52. The molecular weight excluding hydrogens is 642 g/mol. The molecule has 0 radical (unpaired) electrons. The first-order chi connectivity index (χ1) is 24.2. The molecule has 10 nitrogen and oxygen atoms in total. The highest BCUT2D eigenvalue weighted by Gasteiger charge is 2.33. The average molecular weight is 697 g/mol. The van der Waals surface area contributed by atoms with Crippen LogP contribution in [0.4, 0.5) is 14.5 Å².